The summed E-state index contributed by atoms with van der Waals surface area (Å²) in [6.45, 7) is 6.64. The molecule has 1 rings (SSSR count). The Bertz CT molecular complexity index is 457. The predicted molar refractivity (Wildman–Crippen MR) is 78.1 cm³/mol. The second-order valence-electron chi connectivity index (χ2n) is 5.58. The Morgan fingerprint density at radius 2 is 1.67 bits per heavy atom. The van der Waals surface area contributed by atoms with Crippen molar-refractivity contribution in [2.24, 2.45) is 0 Å². The van der Waals surface area contributed by atoms with Gasteiger partial charge in [-0.2, -0.15) is 8.78 Å². The SMILES string of the molecule is COCCOCOC(=C(F)F)c1ccc(C(C)(C)C)cc1. The van der Waals surface area contributed by atoms with Crippen LogP contribution in [0.5, 0.6) is 0 Å². The molecule has 0 aliphatic rings. The van der Waals surface area contributed by atoms with E-state index in [2.05, 4.69) is 20.8 Å². The standard InChI is InChI=1S/C16H22F2O3/c1-16(2,3)13-7-5-12(6-8-13)14(15(17)18)21-11-20-10-9-19-4/h5-8H,9-11H2,1-4H3. The minimum Gasteiger partial charge on any atom is -0.461 e. The first-order valence-corrected chi connectivity index (χ1v) is 6.72. The monoisotopic (exact) mass is 300 g/mol. The summed E-state index contributed by atoms with van der Waals surface area (Å²) in [7, 11) is 1.54. The van der Waals surface area contributed by atoms with Crippen molar-refractivity contribution in [3.8, 4) is 0 Å². The van der Waals surface area contributed by atoms with Crippen molar-refractivity contribution in [3.05, 3.63) is 41.5 Å². The number of hydrogen-bond donors (Lipinski definition) is 0. The number of hydrogen-bond acceptors (Lipinski definition) is 3. The van der Waals surface area contributed by atoms with E-state index < -0.39 is 11.8 Å². The van der Waals surface area contributed by atoms with Gasteiger partial charge < -0.3 is 14.2 Å². The summed E-state index contributed by atoms with van der Waals surface area (Å²) in [4.78, 5) is 0. The zero-order valence-corrected chi connectivity index (χ0v) is 12.9. The van der Waals surface area contributed by atoms with Crippen LogP contribution < -0.4 is 0 Å². The fourth-order valence-electron chi connectivity index (χ4n) is 1.67. The van der Waals surface area contributed by atoms with E-state index in [-0.39, 0.29) is 12.2 Å². The lowest BCUT2D eigenvalue weighted by Gasteiger charge is -2.19. The average molecular weight is 300 g/mol. The molecule has 0 unspecified atom stereocenters. The van der Waals surface area contributed by atoms with Crippen LogP contribution in [0.4, 0.5) is 8.78 Å². The van der Waals surface area contributed by atoms with Gasteiger partial charge in [0.1, 0.15) is 0 Å². The molecule has 0 spiro atoms. The Morgan fingerprint density at radius 3 is 2.14 bits per heavy atom. The Labute approximate surface area is 124 Å². The van der Waals surface area contributed by atoms with Gasteiger partial charge in [-0.3, -0.25) is 0 Å². The van der Waals surface area contributed by atoms with Crippen LogP contribution in [-0.4, -0.2) is 27.1 Å². The molecule has 1 aromatic carbocycles. The van der Waals surface area contributed by atoms with E-state index in [9.17, 15) is 8.78 Å². The fraction of sp³-hybridized carbons (Fsp3) is 0.500. The highest BCUT2D eigenvalue weighted by molar-refractivity contribution is 5.60. The maximum absolute atomic E-state index is 13.0. The zero-order valence-electron chi connectivity index (χ0n) is 12.9. The zero-order chi connectivity index (χ0) is 15.9. The summed E-state index contributed by atoms with van der Waals surface area (Å²) in [6.07, 6.45) is -1.87. The molecule has 0 amide bonds. The van der Waals surface area contributed by atoms with E-state index in [0.29, 0.717) is 18.8 Å². The van der Waals surface area contributed by atoms with Gasteiger partial charge in [0.25, 0.3) is 0 Å². The maximum atomic E-state index is 13.0. The third-order valence-corrected chi connectivity index (χ3v) is 2.90. The highest BCUT2D eigenvalue weighted by atomic mass is 19.3. The number of benzene rings is 1. The van der Waals surface area contributed by atoms with Crippen molar-refractivity contribution >= 4 is 5.76 Å². The van der Waals surface area contributed by atoms with Crippen LogP contribution in [0.3, 0.4) is 0 Å². The first kappa shape index (κ1) is 17.6. The van der Waals surface area contributed by atoms with E-state index in [1.54, 1.807) is 12.1 Å². The van der Waals surface area contributed by atoms with E-state index in [1.165, 1.54) is 7.11 Å². The largest absolute Gasteiger partial charge is 0.461 e. The summed E-state index contributed by atoms with van der Waals surface area (Å²) in [5, 5.41) is 0. The minimum atomic E-state index is -1.87. The molecule has 1 aromatic rings. The van der Waals surface area contributed by atoms with Gasteiger partial charge in [0.05, 0.1) is 13.2 Å². The second-order valence-corrected chi connectivity index (χ2v) is 5.58. The van der Waals surface area contributed by atoms with Gasteiger partial charge in [0, 0.05) is 12.7 Å². The van der Waals surface area contributed by atoms with Crippen molar-refractivity contribution in [1.82, 2.24) is 0 Å². The molecule has 0 fully saturated rings. The Hall–Kier alpha value is -1.46. The minimum absolute atomic E-state index is 0.0270. The number of ether oxygens (including phenoxy) is 3. The predicted octanol–water partition coefficient (Wildman–Crippen LogP) is 4.19. The number of halogens is 2. The summed E-state index contributed by atoms with van der Waals surface area (Å²) in [6, 6.07) is 6.91. The van der Waals surface area contributed by atoms with Crippen LogP contribution in [-0.2, 0) is 19.6 Å². The molecule has 0 bridgehead atoms. The Balaban J connectivity index is 2.72. The molecule has 0 aliphatic heterocycles. The van der Waals surface area contributed by atoms with Gasteiger partial charge in [-0.25, -0.2) is 0 Å². The quantitative estimate of drug-likeness (QED) is 0.429. The number of rotatable bonds is 7. The van der Waals surface area contributed by atoms with Crippen molar-refractivity contribution in [3.63, 3.8) is 0 Å². The molecule has 0 N–H and O–H groups in total. The van der Waals surface area contributed by atoms with Gasteiger partial charge in [-0.15, -0.1) is 0 Å². The highest BCUT2D eigenvalue weighted by Gasteiger charge is 2.16. The third-order valence-electron chi connectivity index (χ3n) is 2.90. The van der Waals surface area contributed by atoms with Crippen LogP contribution in [0.1, 0.15) is 31.9 Å². The highest BCUT2D eigenvalue weighted by Crippen LogP contribution is 2.26. The van der Waals surface area contributed by atoms with Crippen molar-refractivity contribution in [2.75, 3.05) is 27.1 Å². The van der Waals surface area contributed by atoms with Crippen molar-refractivity contribution in [1.29, 1.82) is 0 Å². The molecule has 0 atom stereocenters. The summed E-state index contributed by atoms with van der Waals surface area (Å²) < 4.78 is 40.8. The van der Waals surface area contributed by atoms with Crippen LogP contribution in [0.2, 0.25) is 0 Å². The lowest BCUT2D eigenvalue weighted by molar-refractivity contribution is -0.0236. The van der Waals surface area contributed by atoms with E-state index in [4.69, 9.17) is 14.2 Å². The van der Waals surface area contributed by atoms with Gasteiger partial charge >= 0.3 is 6.08 Å². The molecule has 0 radical (unpaired) electrons. The molecule has 0 saturated heterocycles. The van der Waals surface area contributed by atoms with Crippen LogP contribution in [0.15, 0.2) is 30.3 Å². The Kier molecular flexibility index (Phi) is 6.78. The lowest BCUT2D eigenvalue weighted by Crippen LogP contribution is -2.11. The molecule has 0 saturated carbocycles. The first-order valence-electron chi connectivity index (χ1n) is 6.72. The molecule has 0 aliphatic carbocycles. The number of methoxy groups -OCH3 is 1. The summed E-state index contributed by atoms with van der Waals surface area (Å²) in [5.41, 5.74) is 1.38. The first-order chi connectivity index (χ1) is 9.86. The molecule has 118 valence electrons. The van der Waals surface area contributed by atoms with E-state index in [1.807, 2.05) is 12.1 Å². The maximum Gasteiger partial charge on any atom is 0.312 e. The average Bonchev–Trinajstić information content (AvgIpc) is 2.41. The lowest BCUT2D eigenvalue weighted by atomic mass is 9.86. The summed E-state index contributed by atoms with van der Waals surface area (Å²) in [5.74, 6) is -0.451. The van der Waals surface area contributed by atoms with E-state index >= 15 is 0 Å². The van der Waals surface area contributed by atoms with Gasteiger partial charge in [-0.05, 0) is 11.0 Å². The molecule has 5 heteroatoms. The molecule has 0 aromatic heterocycles. The fourth-order valence-corrected chi connectivity index (χ4v) is 1.67. The molecule has 0 heterocycles. The van der Waals surface area contributed by atoms with Gasteiger partial charge in [0.2, 0.25) is 0 Å². The molecule has 3 nitrogen and oxygen atoms in total. The van der Waals surface area contributed by atoms with Crippen molar-refractivity contribution in [2.45, 2.75) is 26.2 Å². The van der Waals surface area contributed by atoms with Crippen LogP contribution in [0, 0.1) is 0 Å². The smallest absolute Gasteiger partial charge is 0.312 e. The summed E-state index contributed by atoms with van der Waals surface area (Å²) >= 11 is 0. The Morgan fingerprint density at radius 1 is 1.05 bits per heavy atom. The normalized spacial score (nSPS) is 11.3. The molecular formula is C16H22F2O3. The third kappa shape index (κ3) is 5.81. The van der Waals surface area contributed by atoms with Gasteiger partial charge in [-0.1, -0.05) is 45.0 Å². The van der Waals surface area contributed by atoms with Gasteiger partial charge in [0.15, 0.2) is 12.6 Å². The molecule has 21 heavy (non-hydrogen) atoms. The van der Waals surface area contributed by atoms with E-state index in [0.717, 1.165) is 5.56 Å². The van der Waals surface area contributed by atoms with Crippen LogP contribution >= 0.6 is 0 Å². The topological polar surface area (TPSA) is 27.7 Å². The molecular weight excluding hydrogens is 278 g/mol. The second kappa shape index (κ2) is 8.10. The van der Waals surface area contributed by atoms with Crippen LogP contribution in [0.25, 0.3) is 5.76 Å². The van der Waals surface area contributed by atoms with Crippen molar-refractivity contribution < 1.29 is 23.0 Å².